The summed E-state index contributed by atoms with van der Waals surface area (Å²) in [7, 11) is 0. The first-order valence-corrected chi connectivity index (χ1v) is 11.1. The number of benzene rings is 2. The molecule has 29 heavy (non-hydrogen) atoms. The van der Waals surface area contributed by atoms with Gasteiger partial charge in [-0.2, -0.15) is 0 Å². The third-order valence-electron chi connectivity index (χ3n) is 5.84. The molecule has 1 aliphatic heterocycles. The topological polar surface area (TPSA) is 45.5 Å². The van der Waals surface area contributed by atoms with Crippen molar-refractivity contribution in [2.75, 3.05) is 19.6 Å². The summed E-state index contributed by atoms with van der Waals surface area (Å²) in [5, 5.41) is 8.64. The molecule has 0 spiro atoms. The van der Waals surface area contributed by atoms with Crippen molar-refractivity contribution >= 4 is 39.0 Å². The van der Waals surface area contributed by atoms with Crippen LogP contribution in [0.1, 0.15) is 29.3 Å². The van der Waals surface area contributed by atoms with Crippen molar-refractivity contribution in [2.24, 2.45) is 0 Å². The van der Waals surface area contributed by atoms with Gasteiger partial charge < -0.3 is 9.73 Å². The lowest BCUT2D eigenvalue weighted by atomic mass is 10.0. The van der Waals surface area contributed by atoms with Gasteiger partial charge in [-0.25, -0.2) is 0 Å². The molecular formula is C24H24N2O2S. The molecule has 0 radical (unpaired) electrons. The predicted molar refractivity (Wildman–Crippen MR) is 118 cm³/mol. The van der Waals surface area contributed by atoms with E-state index in [1.165, 1.54) is 17.7 Å². The zero-order valence-corrected chi connectivity index (χ0v) is 17.1. The van der Waals surface area contributed by atoms with Crippen molar-refractivity contribution in [1.29, 1.82) is 0 Å². The molecule has 1 saturated heterocycles. The molecule has 4 aromatic rings. The van der Waals surface area contributed by atoms with Crippen molar-refractivity contribution < 1.29 is 9.21 Å². The summed E-state index contributed by atoms with van der Waals surface area (Å²) in [6.45, 7) is 2.86. The second-order valence-electron chi connectivity index (χ2n) is 7.68. The Morgan fingerprint density at radius 1 is 1.10 bits per heavy atom. The number of nitrogens with one attached hydrogen (secondary N) is 1. The second-order valence-corrected chi connectivity index (χ2v) is 8.66. The van der Waals surface area contributed by atoms with Crippen molar-refractivity contribution in [2.45, 2.75) is 25.3 Å². The maximum atomic E-state index is 12.8. The van der Waals surface area contributed by atoms with E-state index in [4.69, 9.17) is 4.42 Å². The lowest BCUT2D eigenvalue weighted by molar-refractivity contribution is -0.120. The monoisotopic (exact) mass is 404 g/mol. The van der Waals surface area contributed by atoms with Crippen molar-refractivity contribution in [3.05, 3.63) is 70.6 Å². The van der Waals surface area contributed by atoms with E-state index in [2.05, 4.69) is 45.9 Å². The van der Waals surface area contributed by atoms with Gasteiger partial charge in [-0.3, -0.25) is 9.69 Å². The zero-order valence-electron chi connectivity index (χ0n) is 16.3. The van der Waals surface area contributed by atoms with E-state index < -0.39 is 0 Å². The Balaban J connectivity index is 1.33. The van der Waals surface area contributed by atoms with Crippen LogP contribution in [0, 0.1) is 0 Å². The van der Waals surface area contributed by atoms with Crippen LogP contribution in [0.2, 0.25) is 0 Å². The molecular weight excluding hydrogens is 380 g/mol. The Hall–Kier alpha value is -2.63. The Morgan fingerprint density at radius 2 is 1.97 bits per heavy atom. The van der Waals surface area contributed by atoms with E-state index in [0.29, 0.717) is 13.0 Å². The first kappa shape index (κ1) is 18.4. The summed E-state index contributed by atoms with van der Waals surface area (Å²) in [5.74, 6) is 0.0430. The van der Waals surface area contributed by atoms with E-state index in [0.717, 1.165) is 40.4 Å². The third-order valence-corrected chi connectivity index (χ3v) is 6.81. The average molecular weight is 405 g/mol. The summed E-state index contributed by atoms with van der Waals surface area (Å²) >= 11 is 1.77. The Kier molecular flexibility index (Phi) is 5.08. The number of nitrogens with zero attached hydrogens (tertiary/aromatic N) is 1. The van der Waals surface area contributed by atoms with Gasteiger partial charge >= 0.3 is 0 Å². The number of rotatable bonds is 6. The molecule has 1 atom stereocenters. The smallest absolute Gasteiger partial charge is 0.224 e. The van der Waals surface area contributed by atoms with Crippen molar-refractivity contribution in [3.63, 3.8) is 0 Å². The number of thiophene rings is 1. The SMILES string of the molecule is O=C(Cc1coc2ccc3ccccc3c12)NCC(c1cccs1)N1CCCC1. The van der Waals surface area contributed by atoms with E-state index in [1.54, 1.807) is 17.6 Å². The Morgan fingerprint density at radius 3 is 2.79 bits per heavy atom. The lowest BCUT2D eigenvalue weighted by Gasteiger charge is -2.26. The van der Waals surface area contributed by atoms with Crippen LogP contribution < -0.4 is 5.32 Å². The maximum Gasteiger partial charge on any atom is 0.224 e. The van der Waals surface area contributed by atoms with E-state index >= 15 is 0 Å². The van der Waals surface area contributed by atoms with Crippen molar-refractivity contribution in [1.82, 2.24) is 10.2 Å². The fourth-order valence-electron chi connectivity index (χ4n) is 4.39. The molecule has 1 aliphatic rings. The number of hydrogen-bond donors (Lipinski definition) is 1. The summed E-state index contributed by atoms with van der Waals surface area (Å²) in [6, 6.07) is 16.8. The van der Waals surface area contributed by atoms with Crippen LogP contribution >= 0.6 is 11.3 Å². The largest absolute Gasteiger partial charge is 0.464 e. The highest BCUT2D eigenvalue weighted by Crippen LogP contribution is 2.31. The highest BCUT2D eigenvalue weighted by atomic mass is 32.1. The van der Waals surface area contributed by atoms with Crippen LogP contribution in [0.15, 0.2) is 64.6 Å². The molecule has 1 unspecified atom stereocenters. The minimum atomic E-state index is 0.0430. The molecule has 1 N–H and O–H groups in total. The van der Waals surface area contributed by atoms with E-state index in [1.807, 2.05) is 18.2 Å². The van der Waals surface area contributed by atoms with Gasteiger partial charge in [0.1, 0.15) is 5.58 Å². The average Bonchev–Trinajstić information content (AvgIpc) is 3.51. The fraction of sp³-hybridized carbons (Fsp3) is 0.292. The molecule has 0 saturated carbocycles. The first-order chi connectivity index (χ1) is 14.3. The number of furan rings is 1. The number of amides is 1. The summed E-state index contributed by atoms with van der Waals surface area (Å²) in [5.41, 5.74) is 1.78. The lowest BCUT2D eigenvalue weighted by Crippen LogP contribution is -2.37. The summed E-state index contributed by atoms with van der Waals surface area (Å²) < 4.78 is 5.74. The minimum absolute atomic E-state index is 0.0430. The molecule has 148 valence electrons. The molecule has 3 heterocycles. The molecule has 0 bridgehead atoms. The zero-order chi connectivity index (χ0) is 19.6. The van der Waals surface area contributed by atoms with Crippen LogP contribution in [0.3, 0.4) is 0 Å². The van der Waals surface area contributed by atoms with Gasteiger partial charge in [-0.05, 0) is 54.2 Å². The molecule has 2 aromatic heterocycles. The van der Waals surface area contributed by atoms with Gasteiger partial charge in [0.25, 0.3) is 0 Å². The molecule has 5 rings (SSSR count). The van der Waals surface area contributed by atoms with Gasteiger partial charge in [-0.15, -0.1) is 11.3 Å². The van der Waals surface area contributed by atoms with Gasteiger partial charge in [0.15, 0.2) is 0 Å². The number of fused-ring (bicyclic) bond motifs is 3. The predicted octanol–water partition coefficient (Wildman–Crippen LogP) is 5.14. The maximum absolute atomic E-state index is 12.8. The Bertz CT molecular complexity index is 1130. The number of likely N-dealkylation sites (tertiary alicyclic amines) is 1. The second kappa shape index (κ2) is 8.01. The van der Waals surface area contributed by atoms with Crippen molar-refractivity contribution in [3.8, 4) is 0 Å². The molecule has 2 aromatic carbocycles. The van der Waals surface area contributed by atoms with Crippen LogP contribution in [-0.2, 0) is 11.2 Å². The highest BCUT2D eigenvalue weighted by Gasteiger charge is 2.25. The Labute approximate surface area is 174 Å². The standard InChI is InChI=1S/C24H24N2O2S/c27-23(25-15-20(22-8-5-13-29-22)26-11-3-4-12-26)14-18-16-28-21-10-9-17-6-1-2-7-19(17)24(18)21/h1-2,5-10,13,16,20H,3-4,11-12,14-15H2,(H,25,27). The van der Waals surface area contributed by atoms with Gasteiger partial charge in [0, 0.05) is 22.4 Å². The quantitative estimate of drug-likeness (QED) is 0.484. The van der Waals surface area contributed by atoms with E-state index in [9.17, 15) is 4.79 Å². The number of carbonyl (C=O) groups excluding carboxylic acids is 1. The van der Waals surface area contributed by atoms with E-state index in [-0.39, 0.29) is 11.9 Å². The van der Waals surface area contributed by atoms with Crippen LogP contribution in [-0.4, -0.2) is 30.4 Å². The van der Waals surface area contributed by atoms with Gasteiger partial charge in [0.05, 0.1) is 18.7 Å². The van der Waals surface area contributed by atoms with Crippen LogP contribution in [0.5, 0.6) is 0 Å². The summed E-state index contributed by atoms with van der Waals surface area (Å²) in [4.78, 5) is 16.6. The fourth-order valence-corrected chi connectivity index (χ4v) is 5.26. The minimum Gasteiger partial charge on any atom is -0.464 e. The highest BCUT2D eigenvalue weighted by molar-refractivity contribution is 7.10. The molecule has 5 heteroatoms. The normalized spacial score (nSPS) is 15.9. The van der Waals surface area contributed by atoms with Crippen LogP contribution in [0.4, 0.5) is 0 Å². The van der Waals surface area contributed by atoms with Gasteiger partial charge in [-0.1, -0.05) is 36.4 Å². The summed E-state index contributed by atoms with van der Waals surface area (Å²) in [6.07, 6.45) is 4.54. The molecule has 1 amide bonds. The first-order valence-electron chi connectivity index (χ1n) is 10.2. The molecule has 1 fully saturated rings. The van der Waals surface area contributed by atoms with Gasteiger partial charge in [0.2, 0.25) is 5.91 Å². The van der Waals surface area contributed by atoms with Crippen LogP contribution in [0.25, 0.3) is 21.7 Å². The number of hydrogen-bond acceptors (Lipinski definition) is 4. The molecule has 4 nitrogen and oxygen atoms in total. The molecule has 0 aliphatic carbocycles. The number of carbonyl (C=O) groups is 1. The third kappa shape index (κ3) is 3.68.